The first-order valence-electron chi connectivity index (χ1n) is 9.40. The van der Waals surface area contributed by atoms with Crippen molar-refractivity contribution in [2.75, 3.05) is 16.1 Å². The van der Waals surface area contributed by atoms with Gasteiger partial charge in [-0.25, -0.2) is 31.5 Å². The lowest BCUT2D eigenvalue weighted by atomic mass is 10.3. The van der Waals surface area contributed by atoms with Crippen molar-refractivity contribution in [3.63, 3.8) is 0 Å². The van der Waals surface area contributed by atoms with Crippen LogP contribution in [0.4, 0.5) is 11.6 Å². The molecule has 170 valence electrons. The highest BCUT2D eigenvalue weighted by Crippen LogP contribution is 2.29. The maximum atomic E-state index is 12.9. The Balaban J connectivity index is 1.83. The molecule has 12 heteroatoms. The zero-order valence-electron chi connectivity index (χ0n) is 17.5. The third-order valence-electron chi connectivity index (χ3n) is 4.12. The van der Waals surface area contributed by atoms with Gasteiger partial charge in [0.25, 0.3) is 20.0 Å². The lowest BCUT2D eigenvalue weighted by Crippen LogP contribution is -2.16. The number of benzene rings is 2. The molecule has 0 amide bonds. The number of aryl methyl sites for hydroxylation is 2. The second-order valence-electron chi connectivity index (χ2n) is 6.73. The predicted octanol–water partition coefficient (Wildman–Crippen LogP) is 3.86. The van der Waals surface area contributed by atoms with Crippen molar-refractivity contribution in [2.24, 2.45) is 0 Å². The number of anilines is 2. The average molecular weight is 541 g/mol. The summed E-state index contributed by atoms with van der Waals surface area (Å²) < 4.78 is 61.8. The Kier molecular flexibility index (Phi) is 7.06. The quantitative estimate of drug-likeness (QED) is 0.444. The van der Waals surface area contributed by atoms with Crippen molar-refractivity contribution < 1.29 is 21.6 Å². The normalized spacial score (nSPS) is 11.8. The first-order valence-corrected chi connectivity index (χ1v) is 13.2. The van der Waals surface area contributed by atoms with E-state index in [1.54, 1.807) is 39.0 Å². The molecule has 0 fully saturated rings. The minimum Gasteiger partial charge on any atom is -0.492 e. The topological polar surface area (TPSA) is 127 Å². The average Bonchev–Trinajstić information content (AvgIpc) is 2.68. The summed E-state index contributed by atoms with van der Waals surface area (Å²) in [6.07, 6.45) is 0. The van der Waals surface area contributed by atoms with Crippen molar-refractivity contribution in [3.05, 3.63) is 64.4 Å². The summed E-state index contributed by atoms with van der Waals surface area (Å²) in [5, 5.41) is 0. The minimum absolute atomic E-state index is 0.0367. The van der Waals surface area contributed by atoms with Gasteiger partial charge in [-0.3, -0.25) is 4.72 Å². The van der Waals surface area contributed by atoms with Crippen molar-refractivity contribution in [3.8, 4) is 5.75 Å². The minimum atomic E-state index is -3.99. The molecular formula is C20H21BrN4O5S2. The van der Waals surface area contributed by atoms with Crippen molar-refractivity contribution in [2.45, 2.75) is 30.6 Å². The van der Waals surface area contributed by atoms with Gasteiger partial charge in [-0.2, -0.15) is 0 Å². The van der Waals surface area contributed by atoms with Gasteiger partial charge in [-0.05, 0) is 69.3 Å². The van der Waals surface area contributed by atoms with Crippen LogP contribution in [0, 0.1) is 13.8 Å². The van der Waals surface area contributed by atoms with E-state index in [1.165, 1.54) is 30.3 Å². The van der Waals surface area contributed by atoms with Gasteiger partial charge in [-0.1, -0.05) is 15.9 Å². The fourth-order valence-electron chi connectivity index (χ4n) is 2.83. The molecule has 0 bridgehead atoms. The SMILES string of the molecule is CCOc1ccc(Br)cc1S(=O)(=O)Nc1ccc(S(=O)(=O)Nc2nc(C)cc(C)n2)cc1. The van der Waals surface area contributed by atoms with E-state index in [0.717, 1.165) is 0 Å². The molecule has 1 aromatic heterocycles. The summed E-state index contributed by atoms with van der Waals surface area (Å²) >= 11 is 3.26. The highest BCUT2D eigenvalue weighted by molar-refractivity contribution is 9.10. The zero-order chi connectivity index (χ0) is 23.5. The molecule has 0 spiro atoms. The van der Waals surface area contributed by atoms with Crippen LogP contribution in [0.15, 0.2) is 62.8 Å². The van der Waals surface area contributed by atoms with E-state index < -0.39 is 20.0 Å². The molecular weight excluding hydrogens is 520 g/mol. The van der Waals surface area contributed by atoms with Crippen LogP contribution in [-0.2, 0) is 20.0 Å². The molecule has 9 nitrogen and oxygen atoms in total. The molecule has 0 saturated heterocycles. The van der Waals surface area contributed by atoms with Crippen molar-refractivity contribution in [1.82, 2.24) is 9.97 Å². The monoisotopic (exact) mass is 540 g/mol. The largest absolute Gasteiger partial charge is 0.492 e. The fraction of sp³-hybridized carbons (Fsp3) is 0.200. The van der Waals surface area contributed by atoms with Crippen LogP contribution in [0.1, 0.15) is 18.3 Å². The Morgan fingerprint density at radius 2 is 1.50 bits per heavy atom. The molecule has 3 rings (SSSR count). The van der Waals surface area contributed by atoms with Crippen LogP contribution >= 0.6 is 15.9 Å². The number of sulfonamides is 2. The first kappa shape index (κ1) is 24.0. The number of halogens is 1. The highest BCUT2D eigenvalue weighted by atomic mass is 79.9. The molecule has 32 heavy (non-hydrogen) atoms. The first-order chi connectivity index (χ1) is 15.0. The number of rotatable bonds is 8. The van der Waals surface area contributed by atoms with Crippen LogP contribution in [-0.4, -0.2) is 33.4 Å². The molecule has 0 atom stereocenters. The lowest BCUT2D eigenvalue weighted by Gasteiger charge is -2.13. The Bertz CT molecular complexity index is 1320. The summed E-state index contributed by atoms with van der Waals surface area (Å²) in [5.41, 5.74) is 1.44. The number of hydrogen-bond donors (Lipinski definition) is 2. The number of ether oxygens (including phenoxy) is 1. The molecule has 0 radical (unpaired) electrons. The molecule has 2 aromatic carbocycles. The summed E-state index contributed by atoms with van der Waals surface area (Å²) in [6.45, 7) is 5.52. The van der Waals surface area contributed by atoms with Gasteiger partial charge >= 0.3 is 0 Å². The highest BCUT2D eigenvalue weighted by Gasteiger charge is 2.21. The molecule has 0 aliphatic carbocycles. The van der Waals surface area contributed by atoms with Gasteiger partial charge in [0.15, 0.2) is 0 Å². The number of nitrogens with one attached hydrogen (secondary N) is 2. The molecule has 0 aliphatic heterocycles. The number of hydrogen-bond acceptors (Lipinski definition) is 7. The Morgan fingerprint density at radius 1 is 0.875 bits per heavy atom. The van der Waals surface area contributed by atoms with Gasteiger partial charge in [0, 0.05) is 21.5 Å². The Hall–Kier alpha value is -2.70. The second kappa shape index (κ2) is 9.43. The van der Waals surface area contributed by atoms with Crippen molar-refractivity contribution >= 4 is 47.6 Å². The van der Waals surface area contributed by atoms with Crippen molar-refractivity contribution in [1.29, 1.82) is 0 Å². The van der Waals surface area contributed by atoms with Gasteiger partial charge in [0.2, 0.25) is 5.95 Å². The Morgan fingerprint density at radius 3 is 2.09 bits per heavy atom. The summed E-state index contributed by atoms with van der Waals surface area (Å²) in [7, 11) is -7.94. The third kappa shape index (κ3) is 5.75. The molecule has 0 aliphatic rings. The summed E-state index contributed by atoms with van der Waals surface area (Å²) in [6, 6.07) is 11.7. The molecule has 3 aromatic rings. The molecule has 2 N–H and O–H groups in total. The van der Waals surface area contributed by atoms with Gasteiger partial charge < -0.3 is 4.74 Å². The van der Waals surface area contributed by atoms with E-state index in [4.69, 9.17) is 4.74 Å². The van der Waals surface area contributed by atoms with E-state index in [0.29, 0.717) is 22.5 Å². The van der Waals surface area contributed by atoms with E-state index >= 15 is 0 Å². The predicted molar refractivity (Wildman–Crippen MR) is 125 cm³/mol. The summed E-state index contributed by atoms with van der Waals surface area (Å²) in [5.74, 6) is 0.172. The lowest BCUT2D eigenvalue weighted by molar-refractivity contribution is 0.331. The number of aromatic nitrogens is 2. The maximum Gasteiger partial charge on any atom is 0.265 e. The van der Waals surface area contributed by atoms with Crippen LogP contribution in [0.25, 0.3) is 0 Å². The zero-order valence-corrected chi connectivity index (χ0v) is 20.7. The van der Waals surface area contributed by atoms with E-state index in [-0.39, 0.29) is 27.2 Å². The van der Waals surface area contributed by atoms with Crippen LogP contribution in [0.5, 0.6) is 5.75 Å². The van der Waals surface area contributed by atoms with E-state index in [1.807, 2.05) is 0 Å². The van der Waals surface area contributed by atoms with Gasteiger partial charge in [0.1, 0.15) is 10.6 Å². The Labute approximate surface area is 195 Å². The van der Waals surface area contributed by atoms with Crippen LogP contribution in [0.3, 0.4) is 0 Å². The molecule has 0 unspecified atom stereocenters. The second-order valence-corrected chi connectivity index (χ2v) is 11.0. The van der Waals surface area contributed by atoms with Gasteiger partial charge in [-0.15, -0.1) is 0 Å². The van der Waals surface area contributed by atoms with E-state index in [9.17, 15) is 16.8 Å². The fourth-order valence-corrected chi connectivity index (χ4v) is 5.52. The van der Waals surface area contributed by atoms with E-state index in [2.05, 4.69) is 35.3 Å². The maximum absolute atomic E-state index is 12.9. The van der Waals surface area contributed by atoms with Crippen LogP contribution < -0.4 is 14.2 Å². The smallest absolute Gasteiger partial charge is 0.265 e. The van der Waals surface area contributed by atoms with Gasteiger partial charge in [0.05, 0.1) is 11.5 Å². The molecule has 0 saturated carbocycles. The van der Waals surface area contributed by atoms with Crippen LogP contribution in [0.2, 0.25) is 0 Å². The standard InChI is InChI=1S/C20H21BrN4O5S2/c1-4-30-18-10-5-15(21)12-19(18)32(28,29)24-16-6-8-17(9-7-16)31(26,27)25-20-22-13(2)11-14(3)23-20/h5-12,24H,4H2,1-3H3,(H,22,23,25). The summed E-state index contributed by atoms with van der Waals surface area (Å²) in [4.78, 5) is 8.02. The third-order valence-corrected chi connectivity index (χ3v) is 7.36. The number of nitrogens with zero attached hydrogens (tertiary/aromatic N) is 2. The molecule has 1 heterocycles.